The van der Waals surface area contributed by atoms with Crippen molar-refractivity contribution in [2.75, 3.05) is 6.26 Å². The number of nitrogens with one attached hydrogen (secondary N) is 1. The maximum atomic E-state index is 8.22. The number of halogens is 1. The molecule has 0 rings (SSSR count). The van der Waals surface area contributed by atoms with Crippen LogP contribution in [0.2, 0.25) is 0 Å². The van der Waals surface area contributed by atoms with Crippen molar-refractivity contribution < 1.29 is 5.21 Å². The SMILES string of the molecule is CSBP(I)NO. The van der Waals surface area contributed by atoms with E-state index in [2.05, 4.69) is 27.3 Å². The van der Waals surface area contributed by atoms with Gasteiger partial charge in [-0.15, -0.1) is 0 Å². The maximum Gasteiger partial charge on any atom is 0.252 e. The first kappa shape index (κ1) is 8.49. The molecule has 0 aliphatic carbocycles. The van der Waals surface area contributed by atoms with Gasteiger partial charge in [0.1, 0.15) is 0 Å². The predicted octanol–water partition coefficient (Wildman–Crippen LogP) is 1.34. The Kier molecular flexibility index (Phi) is 6.83. The van der Waals surface area contributed by atoms with Crippen LogP contribution >= 0.6 is 39.2 Å². The lowest BCUT2D eigenvalue weighted by Crippen LogP contribution is -1.96. The second-order valence-corrected chi connectivity index (χ2v) is 6.91. The zero-order valence-corrected chi connectivity index (χ0v) is 7.76. The molecule has 0 bridgehead atoms. The van der Waals surface area contributed by atoms with E-state index < -0.39 is 0 Å². The third kappa shape index (κ3) is 5.36. The first-order valence-corrected chi connectivity index (χ1v) is 7.34. The number of hydrogen-bond acceptors (Lipinski definition) is 3. The van der Waals surface area contributed by atoms with Crippen molar-refractivity contribution in [3.63, 3.8) is 0 Å². The van der Waals surface area contributed by atoms with Gasteiger partial charge in [0.25, 0.3) is 6.28 Å². The fraction of sp³-hybridized carbons (Fsp3) is 1.00. The van der Waals surface area contributed by atoms with E-state index in [1.54, 1.807) is 11.6 Å². The van der Waals surface area contributed by atoms with Crippen molar-refractivity contribution in [1.29, 1.82) is 0 Å². The van der Waals surface area contributed by atoms with Gasteiger partial charge in [-0.3, -0.25) is 0 Å². The molecule has 0 heterocycles. The summed E-state index contributed by atoms with van der Waals surface area (Å²) < 4.78 is 0. The molecule has 0 aliphatic heterocycles. The summed E-state index contributed by atoms with van der Waals surface area (Å²) in [6.07, 6.45) is 3.03. The fourth-order valence-corrected chi connectivity index (χ4v) is 3.79. The molecule has 0 aliphatic rings. The van der Waals surface area contributed by atoms with E-state index in [-0.39, 0.29) is 5.59 Å². The van der Waals surface area contributed by atoms with Crippen LogP contribution in [0, 0.1) is 0 Å². The molecule has 42 valence electrons. The van der Waals surface area contributed by atoms with Crippen molar-refractivity contribution in [1.82, 2.24) is 5.25 Å². The van der Waals surface area contributed by atoms with Gasteiger partial charge in [0, 0.05) is 5.59 Å². The van der Waals surface area contributed by atoms with E-state index >= 15 is 0 Å². The highest BCUT2D eigenvalue weighted by molar-refractivity contribution is 14.2. The first-order valence-electron chi connectivity index (χ1n) is 1.63. The van der Waals surface area contributed by atoms with Crippen LogP contribution in [0.1, 0.15) is 0 Å². The zero-order valence-electron chi connectivity index (χ0n) is 3.89. The lowest BCUT2D eigenvalue weighted by atomic mass is 10.7. The second kappa shape index (κ2) is 5.63. The van der Waals surface area contributed by atoms with Crippen molar-refractivity contribution in [3.8, 4) is 0 Å². The predicted molar refractivity (Wildman–Crippen MR) is 46.5 cm³/mol. The molecular weight excluding hydrogens is 243 g/mol. The Labute approximate surface area is 62.2 Å². The van der Waals surface area contributed by atoms with Gasteiger partial charge in [-0.25, -0.2) is 11.6 Å². The van der Waals surface area contributed by atoms with Crippen LogP contribution in [0.25, 0.3) is 0 Å². The number of hydrogen-bond donors (Lipinski definition) is 2. The Morgan fingerprint density at radius 1 is 2.00 bits per heavy atom. The van der Waals surface area contributed by atoms with Crippen LogP contribution in [0.4, 0.5) is 0 Å². The highest BCUT2D eigenvalue weighted by Gasteiger charge is 1.98. The third-order valence-electron chi connectivity index (χ3n) is 0.351. The zero-order chi connectivity index (χ0) is 5.70. The average Bonchev–Trinajstić information content (AvgIpc) is 1.68. The molecule has 0 spiro atoms. The molecule has 2 N–H and O–H groups in total. The van der Waals surface area contributed by atoms with Crippen molar-refractivity contribution in [2.24, 2.45) is 0 Å². The molecule has 0 saturated heterocycles. The fourth-order valence-electron chi connectivity index (χ4n) is 0.142. The van der Waals surface area contributed by atoms with Crippen LogP contribution in [-0.2, 0) is 0 Å². The Morgan fingerprint density at radius 3 is 2.71 bits per heavy atom. The molecule has 0 saturated carbocycles. The molecule has 0 aromatic heterocycles. The summed E-state index contributed by atoms with van der Waals surface area (Å²) in [5.74, 6) is 0. The van der Waals surface area contributed by atoms with Crippen molar-refractivity contribution in [3.05, 3.63) is 0 Å². The van der Waals surface area contributed by atoms with Crippen LogP contribution in [0.5, 0.6) is 0 Å². The summed E-state index contributed by atoms with van der Waals surface area (Å²) in [5.41, 5.74) is -0.340. The van der Waals surface area contributed by atoms with E-state index in [1.165, 1.54) is 0 Å². The van der Waals surface area contributed by atoms with E-state index in [0.717, 1.165) is 6.28 Å². The first-order chi connectivity index (χ1) is 3.31. The van der Waals surface area contributed by atoms with Crippen LogP contribution < -0.4 is 5.25 Å². The van der Waals surface area contributed by atoms with E-state index in [9.17, 15) is 0 Å². The summed E-state index contributed by atoms with van der Waals surface area (Å²) in [6.45, 7) is 0. The maximum absolute atomic E-state index is 8.22. The molecular formula is CH6BINOPS. The minimum Gasteiger partial charge on any atom is -0.313 e. The molecule has 1 atom stereocenters. The van der Waals surface area contributed by atoms with Crippen LogP contribution in [0.3, 0.4) is 0 Å². The topological polar surface area (TPSA) is 32.3 Å². The van der Waals surface area contributed by atoms with Gasteiger partial charge in [0.15, 0.2) is 0 Å². The lowest BCUT2D eigenvalue weighted by molar-refractivity contribution is 0.256. The highest BCUT2D eigenvalue weighted by Crippen LogP contribution is 2.39. The molecule has 2 nitrogen and oxygen atoms in total. The molecule has 0 fully saturated rings. The van der Waals surface area contributed by atoms with Crippen molar-refractivity contribution in [2.45, 2.75) is 0 Å². The standard InChI is InChI=1S/CH6BINOPS/c1-7-2-6(3)4-5/h2,4-5H,1H3. The molecule has 7 heavy (non-hydrogen) atoms. The Hall–Kier alpha value is 1.49. The summed E-state index contributed by atoms with van der Waals surface area (Å²) >= 11 is 3.92. The highest BCUT2D eigenvalue weighted by atomic mass is 127. The van der Waals surface area contributed by atoms with Crippen LogP contribution in [-0.4, -0.2) is 17.7 Å². The summed E-state index contributed by atoms with van der Waals surface area (Å²) in [5, 5.41) is 10.4. The average molecular weight is 249 g/mol. The molecule has 6 heteroatoms. The molecule has 1 unspecified atom stereocenters. The van der Waals surface area contributed by atoms with Gasteiger partial charge >= 0.3 is 0 Å². The third-order valence-corrected chi connectivity index (χ3v) is 5.66. The minimum atomic E-state index is -0.340. The van der Waals surface area contributed by atoms with Gasteiger partial charge in [-0.05, 0) is 28.3 Å². The summed E-state index contributed by atoms with van der Waals surface area (Å²) in [6, 6.07) is 0. The largest absolute Gasteiger partial charge is 0.313 e. The second-order valence-electron chi connectivity index (χ2n) is 0.880. The number of rotatable bonds is 3. The molecule has 0 aromatic carbocycles. The van der Waals surface area contributed by atoms with Gasteiger partial charge in [0.05, 0.1) is 0 Å². The van der Waals surface area contributed by atoms with E-state index in [0.29, 0.717) is 0 Å². The molecule has 0 radical (unpaired) electrons. The normalized spacial score (nSPS) is 13.6. The van der Waals surface area contributed by atoms with Gasteiger partial charge in [-0.1, -0.05) is 0 Å². The smallest absolute Gasteiger partial charge is 0.252 e. The van der Waals surface area contributed by atoms with Crippen molar-refractivity contribution >= 4 is 45.5 Å². The monoisotopic (exact) mass is 249 g/mol. The summed E-state index contributed by atoms with van der Waals surface area (Å²) in [4.78, 5) is 0. The van der Waals surface area contributed by atoms with E-state index in [1.807, 2.05) is 6.26 Å². The summed E-state index contributed by atoms with van der Waals surface area (Å²) in [7, 11) is 0. The Balaban J connectivity index is 2.83. The van der Waals surface area contributed by atoms with Gasteiger partial charge in [-0.2, -0.15) is 5.25 Å². The Bertz CT molecular complexity index is 50.7. The molecule has 0 amide bonds. The Morgan fingerprint density at radius 2 is 2.57 bits per heavy atom. The van der Waals surface area contributed by atoms with E-state index in [4.69, 9.17) is 5.21 Å². The van der Waals surface area contributed by atoms with Crippen LogP contribution in [0.15, 0.2) is 0 Å². The van der Waals surface area contributed by atoms with Gasteiger partial charge < -0.3 is 5.21 Å². The van der Waals surface area contributed by atoms with Gasteiger partial charge in [0.2, 0.25) is 0 Å². The lowest BCUT2D eigenvalue weighted by Gasteiger charge is -1.99. The minimum absolute atomic E-state index is 0.340. The quantitative estimate of drug-likeness (QED) is 0.342. The molecule has 0 aromatic rings.